The van der Waals surface area contributed by atoms with Crippen molar-refractivity contribution in [1.82, 2.24) is 5.32 Å². The van der Waals surface area contributed by atoms with Crippen LogP contribution in [0.4, 0.5) is 10.1 Å². The molecule has 4 nitrogen and oxygen atoms in total. The van der Waals surface area contributed by atoms with Gasteiger partial charge in [0, 0.05) is 19.2 Å². The summed E-state index contributed by atoms with van der Waals surface area (Å²) < 4.78 is 19.5. The molecule has 0 aliphatic carbocycles. The number of hydrogen-bond donors (Lipinski definition) is 1. The van der Waals surface area contributed by atoms with Crippen LogP contribution >= 0.6 is 0 Å². The second kappa shape index (κ2) is 8.63. The van der Waals surface area contributed by atoms with Crippen LogP contribution in [0.2, 0.25) is 0 Å². The molecule has 2 aromatic carbocycles. The Morgan fingerprint density at radius 1 is 1.19 bits per heavy atom. The van der Waals surface area contributed by atoms with Gasteiger partial charge in [-0.15, -0.1) is 0 Å². The van der Waals surface area contributed by atoms with E-state index in [0.29, 0.717) is 32.0 Å². The van der Waals surface area contributed by atoms with Crippen molar-refractivity contribution in [3.8, 4) is 0 Å². The summed E-state index contributed by atoms with van der Waals surface area (Å²) in [5.74, 6) is -0.434. The first kappa shape index (κ1) is 18.1. The van der Waals surface area contributed by atoms with Gasteiger partial charge in [-0.1, -0.05) is 36.4 Å². The number of nitrogens with one attached hydrogen (secondary N) is 1. The van der Waals surface area contributed by atoms with Crippen LogP contribution in [-0.4, -0.2) is 32.2 Å². The van der Waals surface area contributed by atoms with Gasteiger partial charge < -0.3 is 15.0 Å². The smallest absolute Gasteiger partial charge is 0.244 e. The van der Waals surface area contributed by atoms with Gasteiger partial charge in [0.2, 0.25) is 5.91 Å². The summed E-state index contributed by atoms with van der Waals surface area (Å²) in [6, 6.07) is 14.4. The summed E-state index contributed by atoms with van der Waals surface area (Å²) >= 11 is 0. The highest BCUT2D eigenvalue weighted by Crippen LogP contribution is 2.25. The zero-order chi connectivity index (χ0) is 18.4. The van der Waals surface area contributed by atoms with Gasteiger partial charge >= 0.3 is 0 Å². The SMILES string of the molecule is CC(NC(=O)/C=C/c1ccccc1)c1ccc(F)c(N2CCOCC2)c1. The van der Waals surface area contributed by atoms with Crippen LogP contribution in [0.25, 0.3) is 6.08 Å². The third kappa shape index (κ3) is 4.70. The number of benzene rings is 2. The monoisotopic (exact) mass is 354 g/mol. The fourth-order valence-corrected chi connectivity index (χ4v) is 2.93. The summed E-state index contributed by atoms with van der Waals surface area (Å²) in [4.78, 5) is 14.1. The first-order valence-corrected chi connectivity index (χ1v) is 8.79. The second-order valence-electron chi connectivity index (χ2n) is 6.28. The van der Waals surface area contributed by atoms with Gasteiger partial charge in [0.05, 0.1) is 24.9 Å². The molecule has 3 rings (SSSR count). The lowest BCUT2D eigenvalue weighted by molar-refractivity contribution is -0.117. The highest BCUT2D eigenvalue weighted by Gasteiger charge is 2.17. The fourth-order valence-electron chi connectivity index (χ4n) is 2.93. The van der Waals surface area contributed by atoms with E-state index in [0.717, 1.165) is 11.1 Å². The number of ether oxygens (including phenoxy) is 1. The van der Waals surface area contributed by atoms with Gasteiger partial charge in [0.1, 0.15) is 5.82 Å². The third-order valence-corrected chi connectivity index (χ3v) is 4.41. The van der Waals surface area contributed by atoms with Crippen LogP contribution in [-0.2, 0) is 9.53 Å². The van der Waals surface area contributed by atoms with Crippen LogP contribution in [0.15, 0.2) is 54.6 Å². The normalized spacial score (nSPS) is 15.8. The van der Waals surface area contributed by atoms with Crippen molar-refractivity contribution in [3.63, 3.8) is 0 Å². The molecular formula is C21H23FN2O2. The minimum atomic E-state index is -0.252. The van der Waals surface area contributed by atoms with Crippen LogP contribution in [0.5, 0.6) is 0 Å². The molecule has 0 aromatic heterocycles. The van der Waals surface area contributed by atoms with Gasteiger partial charge in [-0.05, 0) is 36.3 Å². The molecule has 1 amide bonds. The number of hydrogen-bond acceptors (Lipinski definition) is 3. The number of rotatable bonds is 5. The van der Waals surface area contributed by atoms with Crippen molar-refractivity contribution < 1.29 is 13.9 Å². The van der Waals surface area contributed by atoms with E-state index in [1.807, 2.05) is 48.2 Å². The minimum absolute atomic E-state index is 0.182. The van der Waals surface area contributed by atoms with Crippen LogP contribution < -0.4 is 10.2 Å². The topological polar surface area (TPSA) is 41.6 Å². The van der Waals surface area contributed by atoms with E-state index in [1.54, 1.807) is 12.1 Å². The van der Waals surface area contributed by atoms with Crippen molar-refractivity contribution in [3.05, 3.63) is 71.6 Å². The Morgan fingerprint density at radius 3 is 2.65 bits per heavy atom. The van der Waals surface area contributed by atoms with E-state index in [9.17, 15) is 9.18 Å². The molecule has 1 N–H and O–H groups in total. The molecule has 1 atom stereocenters. The maximum atomic E-state index is 14.2. The molecule has 26 heavy (non-hydrogen) atoms. The molecule has 0 saturated carbocycles. The average molecular weight is 354 g/mol. The summed E-state index contributed by atoms with van der Waals surface area (Å²) in [6.07, 6.45) is 3.28. The largest absolute Gasteiger partial charge is 0.378 e. The molecular weight excluding hydrogens is 331 g/mol. The van der Waals surface area contributed by atoms with Crippen LogP contribution in [0, 0.1) is 5.82 Å². The zero-order valence-corrected chi connectivity index (χ0v) is 14.8. The van der Waals surface area contributed by atoms with Crippen LogP contribution in [0.3, 0.4) is 0 Å². The predicted octanol–water partition coefficient (Wildman–Crippen LogP) is 3.55. The maximum absolute atomic E-state index is 14.2. The van der Waals surface area contributed by atoms with E-state index in [-0.39, 0.29) is 17.8 Å². The highest BCUT2D eigenvalue weighted by molar-refractivity contribution is 5.91. The Balaban J connectivity index is 1.66. The van der Waals surface area contributed by atoms with E-state index >= 15 is 0 Å². The van der Waals surface area contributed by atoms with Gasteiger partial charge in [0.25, 0.3) is 0 Å². The quantitative estimate of drug-likeness (QED) is 0.835. The molecule has 1 fully saturated rings. The van der Waals surface area contributed by atoms with E-state index < -0.39 is 0 Å². The maximum Gasteiger partial charge on any atom is 0.244 e. The molecule has 1 saturated heterocycles. The van der Waals surface area contributed by atoms with E-state index in [4.69, 9.17) is 4.74 Å². The predicted molar refractivity (Wildman–Crippen MR) is 101 cm³/mol. The minimum Gasteiger partial charge on any atom is -0.378 e. The second-order valence-corrected chi connectivity index (χ2v) is 6.28. The number of nitrogens with zero attached hydrogens (tertiary/aromatic N) is 1. The molecule has 1 heterocycles. The van der Waals surface area contributed by atoms with Crippen molar-refractivity contribution in [1.29, 1.82) is 0 Å². The molecule has 2 aromatic rings. The zero-order valence-electron chi connectivity index (χ0n) is 14.8. The molecule has 0 radical (unpaired) electrons. The molecule has 5 heteroatoms. The molecule has 136 valence electrons. The summed E-state index contributed by atoms with van der Waals surface area (Å²) in [6.45, 7) is 4.42. The summed E-state index contributed by atoms with van der Waals surface area (Å²) in [5, 5.41) is 2.92. The highest BCUT2D eigenvalue weighted by atomic mass is 19.1. The van der Waals surface area contributed by atoms with Crippen molar-refractivity contribution in [2.75, 3.05) is 31.2 Å². The van der Waals surface area contributed by atoms with Crippen molar-refractivity contribution in [2.45, 2.75) is 13.0 Å². The lowest BCUT2D eigenvalue weighted by atomic mass is 10.1. The number of amides is 1. The third-order valence-electron chi connectivity index (χ3n) is 4.41. The molecule has 0 bridgehead atoms. The van der Waals surface area contributed by atoms with Crippen molar-refractivity contribution >= 4 is 17.7 Å². The van der Waals surface area contributed by atoms with Crippen LogP contribution in [0.1, 0.15) is 24.1 Å². The molecule has 1 aliphatic rings. The average Bonchev–Trinajstić information content (AvgIpc) is 2.68. The van der Waals surface area contributed by atoms with E-state index in [1.165, 1.54) is 12.1 Å². The number of carbonyl (C=O) groups excluding carboxylic acids is 1. The first-order valence-electron chi connectivity index (χ1n) is 8.79. The Kier molecular flexibility index (Phi) is 6.02. The van der Waals surface area contributed by atoms with E-state index in [2.05, 4.69) is 5.32 Å². The Labute approximate surface area is 153 Å². The number of morpholine rings is 1. The van der Waals surface area contributed by atoms with Gasteiger partial charge in [-0.3, -0.25) is 4.79 Å². The number of carbonyl (C=O) groups is 1. The van der Waals surface area contributed by atoms with Gasteiger partial charge in [-0.2, -0.15) is 0 Å². The van der Waals surface area contributed by atoms with Gasteiger partial charge in [0.15, 0.2) is 0 Å². The Bertz CT molecular complexity index is 771. The molecule has 1 aliphatic heterocycles. The lowest BCUT2D eigenvalue weighted by Gasteiger charge is -2.29. The number of anilines is 1. The Hall–Kier alpha value is -2.66. The molecule has 1 unspecified atom stereocenters. The standard InChI is InChI=1S/C21H23FN2O2/c1-16(23-21(25)10-7-17-5-3-2-4-6-17)18-8-9-19(22)20(15-18)24-11-13-26-14-12-24/h2-10,15-16H,11-14H2,1H3,(H,23,25)/b10-7+. The van der Waals surface area contributed by atoms with Crippen molar-refractivity contribution in [2.24, 2.45) is 0 Å². The summed E-state index contributed by atoms with van der Waals surface area (Å²) in [5.41, 5.74) is 2.40. The molecule has 0 spiro atoms. The van der Waals surface area contributed by atoms with Gasteiger partial charge in [-0.25, -0.2) is 4.39 Å². The number of halogens is 1. The lowest BCUT2D eigenvalue weighted by Crippen LogP contribution is -2.37. The first-order chi connectivity index (χ1) is 12.6. The Morgan fingerprint density at radius 2 is 1.92 bits per heavy atom. The fraction of sp³-hybridized carbons (Fsp3) is 0.286. The summed E-state index contributed by atoms with van der Waals surface area (Å²) in [7, 11) is 0.